The van der Waals surface area contributed by atoms with E-state index >= 15 is 0 Å². The maximum atomic E-state index is 12.6. The van der Waals surface area contributed by atoms with Crippen molar-refractivity contribution in [3.63, 3.8) is 0 Å². The van der Waals surface area contributed by atoms with Crippen LogP contribution in [0.1, 0.15) is 5.56 Å². The van der Waals surface area contributed by atoms with Crippen molar-refractivity contribution in [2.24, 2.45) is 0 Å². The van der Waals surface area contributed by atoms with Crippen LogP contribution in [0.25, 0.3) is 16.6 Å². The first kappa shape index (κ1) is 11.8. The molecule has 4 rings (SSSR count). The number of fused-ring (bicyclic) bond motifs is 3. The van der Waals surface area contributed by atoms with Gasteiger partial charge in [-0.15, -0.1) is 0 Å². The van der Waals surface area contributed by atoms with Crippen molar-refractivity contribution in [1.29, 1.82) is 0 Å². The molecule has 6 heteroatoms. The van der Waals surface area contributed by atoms with Gasteiger partial charge in [-0.1, -0.05) is 6.07 Å². The van der Waals surface area contributed by atoms with Gasteiger partial charge >= 0.3 is 0 Å². The van der Waals surface area contributed by atoms with Crippen molar-refractivity contribution in [3.8, 4) is 0 Å². The Bertz CT molecular complexity index is 987. The molecule has 0 saturated heterocycles. The molecule has 0 radical (unpaired) electrons. The summed E-state index contributed by atoms with van der Waals surface area (Å²) < 4.78 is 3.32. The van der Waals surface area contributed by atoms with Gasteiger partial charge < -0.3 is 4.57 Å². The Morgan fingerprint density at radius 1 is 1.10 bits per heavy atom. The molecule has 0 atom stereocenters. The van der Waals surface area contributed by atoms with E-state index in [1.807, 2.05) is 18.2 Å². The third-order valence-electron chi connectivity index (χ3n) is 3.43. The van der Waals surface area contributed by atoms with Crippen LogP contribution in [0.4, 0.5) is 0 Å². The first-order valence-electron chi connectivity index (χ1n) is 6.54. The van der Waals surface area contributed by atoms with Gasteiger partial charge in [-0.2, -0.15) is 5.10 Å². The Balaban J connectivity index is 1.90. The molecule has 0 aliphatic carbocycles. The number of aromatic nitrogens is 5. The van der Waals surface area contributed by atoms with Gasteiger partial charge in [0.1, 0.15) is 0 Å². The molecule has 0 N–H and O–H groups in total. The largest absolute Gasteiger partial charge is 0.310 e. The molecule has 0 aliphatic heterocycles. The Morgan fingerprint density at radius 2 is 2.05 bits per heavy atom. The molecule has 4 aromatic rings. The van der Waals surface area contributed by atoms with Crippen LogP contribution in [0.2, 0.25) is 0 Å². The van der Waals surface area contributed by atoms with Crippen LogP contribution in [0.5, 0.6) is 0 Å². The van der Waals surface area contributed by atoms with Gasteiger partial charge in [-0.05, 0) is 17.7 Å². The first-order valence-corrected chi connectivity index (χ1v) is 6.54. The van der Waals surface area contributed by atoms with Crippen LogP contribution in [0.15, 0.2) is 60.0 Å². The van der Waals surface area contributed by atoms with E-state index < -0.39 is 0 Å². The third-order valence-corrected chi connectivity index (χ3v) is 3.43. The van der Waals surface area contributed by atoms with Gasteiger partial charge in [-0.25, -0.2) is 9.50 Å². The molecule has 0 aromatic carbocycles. The topological polar surface area (TPSA) is 65.1 Å². The van der Waals surface area contributed by atoms with E-state index in [1.54, 1.807) is 46.1 Å². The Morgan fingerprint density at radius 3 is 2.90 bits per heavy atom. The van der Waals surface area contributed by atoms with Crippen LogP contribution in [0.3, 0.4) is 0 Å². The smallest absolute Gasteiger partial charge is 0.261 e. The van der Waals surface area contributed by atoms with E-state index in [4.69, 9.17) is 0 Å². The lowest BCUT2D eigenvalue weighted by Crippen LogP contribution is -2.21. The molecule has 0 aliphatic rings. The zero-order valence-corrected chi connectivity index (χ0v) is 11.0. The minimum atomic E-state index is -0.0822. The molecule has 0 spiro atoms. The predicted molar refractivity (Wildman–Crippen MR) is 78.1 cm³/mol. The van der Waals surface area contributed by atoms with Crippen LogP contribution in [-0.2, 0) is 6.54 Å². The van der Waals surface area contributed by atoms with E-state index in [2.05, 4.69) is 15.1 Å². The van der Waals surface area contributed by atoms with Crippen LogP contribution >= 0.6 is 0 Å². The van der Waals surface area contributed by atoms with Gasteiger partial charge in [0.2, 0.25) is 0 Å². The summed E-state index contributed by atoms with van der Waals surface area (Å²) in [5.41, 5.74) is 2.39. The summed E-state index contributed by atoms with van der Waals surface area (Å²) in [6, 6.07) is 7.49. The second-order valence-electron chi connectivity index (χ2n) is 4.77. The van der Waals surface area contributed by atoms with Crippen LogP contribution in [0, 0.1) is 0 Å². The number of hydrogen-bond donors (Lipinski definition) is 0. The molecule has 0 fully saturated rings. The average Bonchev–Trinajstić information content (AvgIpc) is 3.00. The monoisotopic (exact) mass is 277 g/mol. The van der Waals surface area contributed by atoms with Gasteiger partial charge in [0.05, 0.1) is 23.6 Å². The van der Waals surface area contributed by atoms with Gasteiger partial charge in [0, 0.05) is 30.9 Å². The first-order chi connectivity index (χ1) is 10.3. The van der Waals surface area contributed by atoms with E-state index in [1.165, 1.54) is 0 Å². The average molecular weight is 277 g/mol. The Labute approximate surface area is 119 Å². The zero-order chi connectivity index (χ0) is 14.2. The normalized spacial score (nSPS) is 11.2. The molecule has 102 valence electrons. The fourth-order valence-electron chi connectivity index (χ4n) is 2.41. The number of hydrogen-bond acceptors (Lipinski definition) is 4. The van der Waals surface area contributed by atoms with E-state index in [9.17, 15) is 4.79 Å². The number of rotatable bonds is 2. The molecular weight excluding hydrogens is 266 g/mol. The molecule has 0 saturated carbocycles. The molecule has 4 heterocycles. The third kappa shape index (κ3) is 1.88. The minimum Gasteiger partial charge on any atom is -0.310 e. The SMILES string of the molecule is O=c1c2cnc3ccnn3c2ccn1Cc1cccnc1. The van der Waals surface area contributed by atoms with Crippen molar-refractivity contribution >= 4 is 16.6 Å². The summed E-state index contributed by atoms with van der Waals surface area (Å²) in [7, 11) is 0. The standard InChI is InChI=1S/C15H11N5O/c21-15-12-9-17-14-3-6-18-20(14)13(12)4-7-19(15)10-11-2-1-5-16-8-11/h1-9H,10H2. The highest BCUT2D eigenvalue weighted by Crippen LogP contribution is 2.11. The van der Waals surface area contributed by atoms with Crippen molar-refractivity contribution in [3.05, 3.63) is 71.2 Å². The van der Waals surface area contributed by atoms with Crippen LogP contribution in [-0.4, -0.2) is 24.1 Å². The maximum Gasteiger partial charge on any atom is 0.261 e. The molecular formula is C15H11N5O. The van der Waals surface area contributed by atoms with Gasteiger partial charge in [0.25, 0.3) is 5.56 Å². The molecule has 0 unspecified atom stereocenters. The second kappa shape index (κ2) is 4.52. The van der Waals surface area contributed by atoms with E-state index in [-0.39, 0.29) is 5.56 Å². The highest BCUT2D eigenvalue weighted by Gasteiger charge is 2.08. The second-order valence-corrected chi connectivity index (χ2v) is 4.77. The van der Waals surface area contributed by atoms with E-state index in [0.29, 0.717) is 11.9 Å². The van der Waals surface area contributed by atoms with Crippen molar-refractivity contribution < 1.29 is 0 Å². The van der Waals surface area contributed by atoms with Gasteiger partial charge in [0.15, 0.2) is 5.65 Å². The summed E-state index contributed by atoms with van der Waals surface area (Å²) >= 11 is 0. The lowest BCUT2D eigenvalue weighted by atomic mass is 10.2. The summed E-state index contributed by atoms with van der Waals surface area (Å²) in [6.45, 7) is 0.486. The molecule has 0 amide bonds. The Hall–Kier alpha value is -3.02. The Kier molecular flexibility index (Phi) is 2.53. The molecule has 21 heavy (non-hydrogen) atoms. The van der Waals surface area contributed by atoms with Crippen molar-refractivity contribution in [1.82, 2.24) is 24.1 Å². The fraction of sp³-hybridized carbons (Fsp3) is 0.0667. The predicted octanol–water partition coefficient (Wildman–Crippen LogP) is 1.49. The van der Waals surface area contributed by atoms with Crippen molar-refractivity contribution in [2.75, 3.05) is 0 Å². The van der Waals surface area contributed by atoms with Crippen molar-refractivity contribution in [2.45, 2.75) is 6.54 Å². The summed E-state index contributed by atoms with van der Waals surface area (Å²) in [6.07, 6.45) is 8.52. The lowest BCUT2D eigenvalue weighted by molar-refractivity contribution is 0.762. The summed E-state index contributed by atoms with van der Waals surface area (Å²) in [5.74, 6) is 0. The zero-order valence-electron chi connectivity index (χ0n) is 11.0. The van der Waals surface area contributed by atoms with Gasteiger partial charge in [-0.3, -0.25) is 9.78 Å². The van der Waals surface area contributed by atoms with E-state index in [0.717, 1.165) is 16.7 Å². The fourth-order valence-corrected chi connectivity index (χ4v) is 2.41. The number of pyridine rings is 2. The summed E-state index contributed by atoms with van der Waals surface area (Å²) in [5, 5.41) is 4.75. The summed E-state index contributed by atoms with van der Waals surface area (Å²) in [4.78, 5) is 20.9. The minimum absolute atomic E-state index is 0.0822. The molecule has 4 aromatic heterocycles. The molecule has 0 bridgehead atoms. The quantitative estimate of drug-likeness (QED) is 0.557. The number of nitrogens with zero attached hydrogens (tertiary/aromatic N) is 5. The maximum absolute atomic E-state index is 12.6. The highest BCUT2D eigenvalue weighted by atomic mass is 16.1. The molecule has 6 nitrogen and oxygen atoms in total. The van der Waals surface area contributed by atoms with Crippen LogP contribution < -0.4 is 5.56 Å². The lowest BCUT2D eigenvalue weighted by Gasteiger charge is -2.07. The highest BCUT2D eigenvalue weighted by molar-refractivity contribution is 5.79.